The van der Waals surface area contributed by atoms with E-state index in [9.17, 15) is 4.79 Å². The molecular weight excluding hydrogens is 204 g/mol. The van der Waals surface area contributed by atoms with Crippen molar-refractivity contribution in [3.8, 4) is 5.69 Å². The van der Waals surface area contributed by atoms with Gasteiger partial charge in [0, 0.05) is 11.8 Å². The van der Waals surface area contributed by atoms with Crippen molar-refractivity contribution in [3.63, 3.8) is 0 Å². The van der Waals surface area contributed by atoms with Crippen molar-refractivity contribution < 1.29 is 4.79 Å². The van der Waals surface area contributed by atoms with Crippen LogP contribution in [-0.4, -0.2) is 15.7 Å². The van der Waals surface area contributed by atoms with Gasteiger partial charge in [-0.2, -0.15) is 5.10 Å². The smallest absolute Gasteiger partial charge is 0.239 e. The molecule has 0 spiro atoms. The highest BCUT2D eigenvalue weighted by Crippen LogP contribution is 2.12. The number of nitrogens with zero attached hydrogens (tertiary/aromatic N) is 2. The number of carbonyl (C=O) groups is 1. The normalized spacial score (nSPS) is 12.3. The summed E-state index contributed by atoms with van der Waals surface area (Å²) < 4.78 is 1.65. The topological polar surface area (TPSA) is 86.9 Å². The summed E-state index contributed by atoms with van der Waals surface area (Å²) in [6.07, 6.45) is 3.24. The summed E-state index contributed by atoms with van der Waals surface area (Å²) in [5.74, 6) is -0.562. The number of carbonyl (C=O) groups excluding carboxylic acids is 1. The van der Waals surface area contributed by atoms with Crippen molar-refractivity contribution in [1.29, 1.82) is 0 Å². The highest BCUT2D eigenvalue weighted by Gasteiger charge is 2.14. The van der Waals surface area contributed by atoms with Gasteiger partial charge in [0.25, 0.3) is 0 Å². The van der Waals surface area contributed by atoms with Gasteiger partial charge in [-0.1, -0.05) is 18.2 Å². The maximum absolute atomic E-state index is 10.9. The molecule has 0 fully saturated rings. The van der Waals surface area contributed by atoms with Gasteiger partial charge in [-0.05, 0) is 12.1 Å². The van der Waals surface area contributed by atoms with Gasteiger partial charge in [-0.3, -0.25) is 4.79 Å². The first kappa shape index (κ1) is 10.4. The molecule has 16 heavy (non-hydrogen) atoms. The first-order valence-electron chi connectivity index (χ1n) is 4.83. The number of amides is 1. The zero-order chi connectivity index (χ0) is 11.5. The fraction of sp³-hybridized carbons (Fsp3) is 0.0909. The van der Waals surface area contributed by atoms with Crippen LogP contribution in [0.3, 0.4) is 0 Å². The third kappa shape index (κ3) is 1.94. The number of primary amides is 1. The second-order valence-corrected chi connectivity index (χ2v) is 3.43. The molecular formula is C11H12N4O. The van der Waals surface area contributed by atoms with Crippen molar-refractivity contribution >= 4 is 5.91 Å². The van der Waals surface area contributed by atoms with E-state index in [4.69, 9.17) is 11.5 Å². The summed E-state index contributed by atoms with van der Waals surface area (Å²) in [5, 5.41) is 4.12. The highest BCUT2D eigenvalue weighted by molar-refractivity contribution is 5.80. The fourth-order valence-electron chi connectivity index (χ4n) is 1.38. The number of aromatic nitrogens is 2. The van der Waals surface area contributed by atoms with Crippen LogP contribution in [0.1, 0.15) is 11.6 Å². The minimum atomic E-state index is -0.808. The summed E-state index contributed by atoms with van der Waals surface area (Å²) in [6.45, 7) is 0. The molecule has 0 aliphatic heterocycles. The van der Waals surface area contributed by atoms with E-state index in [1.807, 2.05) is 30.3 Å². The molecule has 0 saturated carbocycles. The average molecular weight is 216 g/mol. The molecule has 1 unspecified atom stereocenters. The number of para-hydroxylation sites is 1. The molecule has 1 aromatic heterocycles. The van der Waals surface area contributed by atoms with E-state index in [1.165, 1.54) is 0 Å². The zero-order valence-electron chi connectivity index (χ0n) is 8.58. The number of benzene rings is 1. The second kappa shape index (κ2) is 4.16. The van der Waals surface area contributed by atoms with Crippen molar-refractivity contribution in [1.82, 2.24) is 9.78 Å². The summed E-state index contributed by atoms with van der Waals surface area (Å²) in [7, 11) is 0. The van der Waals surface area contributed by atoms with Crippen molar-refractivity contribution in [2.24, 2.45) is 11.5 Å². The van der Waals surface area contributed by atoms with Crippen LogP contribution in [0.2, 0.25) is 0 Å². The van der Waals surface area contributed by atoms with Gasteiger partial charge >= 0.3 is 0 Å². The van der Waals surface area contributed by atoms with E-state index in [-0.39, 0.29) is 0 Å². The van der Waals surface area contributed by atoms with Crippen LogP contribution in [0, 0.1) is 0 Å². The molecule has 0 bridgehead atoms. The molecule has 4 N–H and O–H groups in total. The Hall–Kier alpha value is -2.14. The summed E-state index contributed by atoms with van der Waals surface area (Å²) in [4.78, 5) is 10.9. The van der Waals surface area contributed by atoms with Crippen molar-refractivity contribution in [2.45, 2.75) is 6.04 Å². The Morgan fingerprint density at radius 1 is 1.31 bits per heavy atom. The third-order valence-corrected chi connectivity index (χ3v) is 2.29. The van der Waals surface area contributed by atoms with Gasteiger partial charge in [0.1, 0.15) is 6.04 Å². The van der Waals surface area contributed by atoms with E-state index in [1.54, 1.807) is 17.1 Å². The van der Waals surface area contributed by atoms with E-state index in [0.29, 0.717) is 5.56 Å². The lowest BCUT2D eigenvalue weighted by molar-refractivity contribution is -0.119. The number of hydrogen-bond acceptors (Lipinski definition) is 3. The Bertz CT molecular complexity index is 492. The average Bonchev–Trinajstić information content (AvgIpc) is 2.78. The minimum absolute atomic E-state index is 0.562. The Morgan fingerprint density at radius 3 is 2.62 bits per heavy atom. The molecule has 0 saturated heterocycles. The van der Waals surface area contributed by atoms with Crippen LogP contribution in [-0.2, 0) is 4.79 Å². The summed E-state index contributed by atoms with van der Waals surface area (Å²) in [6, 6.07) is 8.75. The number of nitrogens with two attached hydrogens (primary N) is 2. The van der Waals surface area contributed by atoms with Crippen molar-refractivity contribution in [2.75, 3.05) is 0 Å². The van der Waals surface area contributed by atoms with Gasteiger partial charge < -0.3 is 11.5 Å². The molecule has 1 heterocycles. The van der Waals surface area contributed by atoms with E-state index in [2.05, 4.69) is 5.10 Å². The van der Waals surface area contributed by atoms with Crippen LogP contribution in [0.4, 0.5) is 0 Å². The van der Waals surface area contributed by atoms with Crippen LogP contribution >= 0.6 is 0 Å². The predicted molar refractivity (Wildman–Crippen MR) is 59.7 cm³/mol. The van der Waals surface area contributed by atoms with Gasteiger partial charge in [0.05, 0.1) is 11.9 Å². The van der Waals surface area contributed by atoms with Crippen LogP contribution < -0.4 is 11.5 Å². The Morgan fingerprint density at radius 2 is 2.00 bits per heavy atom. The SMILES string of the molecule is NC(=O)C(N)c1cnn(-c2ccccc2)c1. The molecule has 5 heteroatoms. The largest absolute Gasteiger partial charge is 0.368 e. The van der Waals surface area contributed by atoms with Crippen molar-refractivity contribution in [3.05, 3.63) is 48.3 Å². The quantitative estimate of drug-likeness (QED) is 0.776. The zero-order valence-corrected chi connectivity index (χ0v) is 8.58. The Kier molecular flexibility index (Phi) is 2.70. The molecule has 2 rings (SSSR count). The minimum Gasteiger partial charge on any atom is -0.368 e. The van der Waals surface area contributed by atoms with Gasteiger partial charge in [-0.25, -0.2) is 4.68 Å². The maximum atomic E-state index is 10.9. The lowest BCUT2D eigenvalue weighted by atomic mass is 10.2. The molecule has 2 aromatic rings. The third-order valence-electron chi connectivity index (χ3n) is 2.29. The van der Waals surface area contributed by atoms with Gasteiger partial charge in [0.15, 0.2) is 0 Å². The van der Waals surface area contributed by atoms with Crippen LogP contribution in [0.25, 0.3) is 5.69 Å². The molecule has 1 amide bonds. The number of hydrogen-bond donors (Lipinski definition) is 2. The maximum Gasteiger partial charge on any atom is 0.239 e. The molecule has 0 aliphatic rings. The summed E-state index contributed by atoms with van der Waals surface area (Å²) in [5.41, 5.74) is 12.2. The predicted octanol–water partition coefficient (Wildman–Crippen LogP) is 0.357. The highest BCUT2D eigenvalue weighted by atomic mass is 16.1. The Labute approximate surface area is 92.7 Å². The molecule has 0 radical (unpaired) electrons. The lowest BCUT2D eigenvalue weighted by Gasteiger charge is -2.03. The van der Waals surface area contributed by atoms with Gasteiger partial charge in [-0.15, -0.1) is 0 Å². The van der Waals surface area contributed by atoms with Crippen LogP contribution in [0.5, 0.6) is 0 Å². The number of rotatable bonds is 3. The molecule has 0 aliphatic carbocycles. The van der Waals surface area contributed by atoms with Crippen LogP contribution in [0.15, 0.2) is 42.7 Å². The summed E-state index contributed by atoms with van der Waals surface area (Å²) >= 11 is 0. The van der Waals surface area contributed by atoms with Gasteiger partial charge in [0.2, 0.25) is 5.91 Å². The first-order valence-corrected chi connectivity index (χ1v) is 4.83. The Balaban J connectivity index is 2.30. The van der Waals surface area contributed by atoms with E-state index in [0.717, 1.165) is 5.69 Å². The molecule has 5 nitrogen and oxygen atoms in total. The molecule has 1 atom stereocenters. The fourth-order valence-corrected chi connectivity index (χ4v) is 1.38. The lowest BCUT2D eigenvalue weighted by Crippen LogP contribution is -2.27. The molecule has 1 aromatic carbocycles. The monoisotopic (exact) mass is 216 g/mol. The van der Waals surface area contributed by atoms with E-state index < -0.39 is 11.9 Å². The van der Waals surface area contributed by atoms with E-state index >= 15 is 0 Å². The standard InChI is InChI=1S/C11H12N4O/c12-10(11(13)16)8-6-14-15(7-8)9-4-2-1-3-5-9/h1-7,10H,12H2,(H2,13,16). The second-order valence-electron chi connectivity index (χ2n) is 3.43. The first-order chi connectivity index (χ1) is 7.68. The molecule has 82 valence electrons.